The Balaban J connectivity index is 1.66. The lowest BCUT2D eigenvalue weighted by molar-refractivity contribution is 0.106. The summed E-state index contributed by atoms with van der Waals surface area (Å²) in [4.78, 5) is 2.66. The second kappa shape index (κ2) is 7.43. The van der Waals surface area contributed by atoms with Gasteiger partial charge in [0.2, 0.25) is 0 Å². The van der Waals surface area contributed by atoms with Gasteiger partial charge in [-0.3, -0.25) is 0 Å². The van der Waals surface area contributed by atoms with Gasteiger partial charge in [0, 0.05) is 22.8 Å². The van der Waals surface area contributed by atoms with Crippen molar-refractivity contribution >= 4 is 11.3 Å². The maximum atomic E-state index is 9.86. The largest absolute Gasteiger partial charge is 0.491 e. The molecule has 1 atom stereocenters. The molecular formula is C16H21NO2S. The lowest BCUT2D eigenvalue weighted by Gasteiger charge is -2.12. The van der Waals surface area contributed by atoms with Crippen LogP contribution >= 0.6 is 11.3 Å². The SMILES string of the molecule is Cc1cc(CNCC(O)COc2ccccc2)sc1C. The summed E-state index contributed by atoms with van der Waals surface area (Å²) in [5.74, 6) is 0.788. The Kier molecular flexibility index (Phi) is 5.59. The fourth-order valence-electron chi connectivity index (χ4n) is 1.87. The summed E-state index contributed by atoms with van der Waals surface area (Å²) < 4.78 is 5.51. The Labute approximate surface area is 124 Å². The van der Waals surface area contributed by atoms with Crippen molar-refractivity contribution in [2.45, 2.75) is 26.5 Å². The molecule has 3 nitrogen and oxygen atoms in total. The van der Waals surface area contributed by atoms with Crippen molar-refractivity contribution in [3.8, 4) is 5.75 Å². The Morgan fingerprint density at radius 2 is 2.00 bits per heavy atom. The lowest BCUT2D eigenvalue weighted by atomic mass is 10.3. The van der Waals surface area contributed by atoms with Crippen molar-refractivity contribution in [3.63, 3.8) is 0 Å². The van der Waals surface area contributed by atoms with Crippen molar-refractivity contribution < 1.29 is 9.84 Å². The van der Waals surface area contributed by atoms with Gasteiger partial charge < -0.3 is 15.2 Å². The first-order valence-corrected chi connectivity index (χ1v) is 7.59. The monoisotopic (exact) mass is 291 g/mol. The number of hydrogen-bond donors (Lipinski definition) is 2. The zero-order valence-electron chi connectivity index (χ0n) is 11.9. The van der Waals surface area contributed by atoms with Gasteiger partial charge >= 0.3 is 0 Å². The number of nitrogens with one attached hydrogen (secondary N) is 1. The first kappa shape index (κ1) is 15.0. The number of aliphatic hydroxyl groups excluding tert-OH is 1. The molecule has 2 rings (SSSR count). The molecular weight excluding hydrogens is 270 g/mol. The smallest absolute Gasteiger partial charge is 0.119 e. The van der Waals surface area contributed by atoms with Gasteiger partial charge in [-0.15, -0.1) is 11.3 Å². The Morgan fingerprint density at radius 3 is 2.65 bits per heavy atom. The van der Waals surface area contributed by atoms with Crippen LogP contribution in [0.5, 0.6) is 5.75 Å². The van der Waals surface area contributed by atoms with Crippen molar-refractivity contribution in [1.82, 2.24) is 5.32 Å². The zero-order chi connectivity index (χ0) is 14.4. The number of ether oxygens (including phenoxy) is 1. The minimum atomic E-state index is -0.502. The van der Waals surface area contributed by atoms with E-state index in [2.05, 4.69) is 25.2 Å². The van der Waals surface area contributed by atoms with Crippen LogP contribution in [0.4, 0.5) is 0 Å². The third kappa shape index (κ3) is 4.63. The van der Waals surface area contributed by atoms with E-state index in [1.54, 1.807) is 11.3 Å². The van der Waals surface area contributed by atoms with E-state index in [-0.39, 0.29) is 0 Å². The first-order chi connectivity index (χ1) is 9.65. The van der Waals surface area contributed by atoms with E-state index in [1.807, 2.05) is 30.3 Å². The number of para-hydroxylation sites is 1. The van der Waals surface area contributed by atoms with Crippen LogP contribution < -0.4 is 10.1 Å². The summed E-state index contributed by atoms with van der Waals surface area (Å²) in [6.07, 6.45) is -0.502. The highest BCUT2D eigenvalue weighted by Gasteiger charge is 2.06. The quantitative estimate of drug-likeness (QED) is 0.824. The molecule has 0 fully saturated rings. The number of rotatable bonds is 7. The van der Waals surface area contributed by atoms with Gasteiger partial charge in [0.15, 0.2) is 0 Å². The Morgan fingerprint density at radius 1 is 1.25 bits per heavy atom. The maximum Gasteiger partial charge on any atom is 0.119 e. The molecule has 0 amide bonds. The molecule has 4 heteroatoms. The number of benzene rings is 1. The molecule has 0 aliphatic rings. The van der Waals surface area contributed by atoms with Crippen LogP contribution in [0.1, 0.15) is 15.3 Å². The molecule has 0 aliphatic carbocycles. The van der Waals surface area contributed by atoms with Gasteiger partial charge in [0.1, 0.15) is 18.5 Å². The molecule has 1 heterocycles. The number of thiophene rings is 1. The van der Waals surface area contributed by atoms with Crippen molar-refractivity contribution in [3.05, 3.63) is 51.7 Å². The normalized spacial score (nSPS) is 12.3. The van der Waals surface area contributed by atoms with E-state index in [1.165, 1.54) is 15.3 Å². The minimum absolute atomic E-state index is 0.305. The van der Waals surface area contributed by atoms with Gasteiger partial charge in [0.25, 0.3) is 0 Å². The van der Waals surface area contributed by atoms with Gasteiger partial charge in [0.05, 0.1) is 0 Å². The molecule has 0 saturated carbocycles. The summed E-state index contributed by atoms with van der Waals surface area (Å²) in [7, 11) is 0. The molecule has 0 spiro atoms. The van der Waals surface area contributed by atoms with E-state index in [9.17, 15) is 5.11 Å². The third-order valence-corrected chi connectivity index (χ3v) is 4.23. The lowest BCUT2D eigenvalue weighted by Crippen LogP contribution is -2.30. The van der Waals surface area contributed by atoms with Crippen molar-refractivity contribution in [2.24, 2.45) is 0 Å². The molecule has 2 N–H and O–H groups in total. The average molecular weight is 291 g/mol. The first-order valence-electron chi connectivity index (χ1n) is 6.77. The molecule has 0 radical (unpaired) electrons. The zero-order valence-corrected chi connectivity index (χ0v) is 12.7. The van der Waals surface area contributed by atoms with Gasteiger partial charge in [-0.1, -0.05) is 18.2 Å². The van der Waals surface area contributed by atoms with Gasteiger partial charge in [-0.05, 0) is 37.6 Å². The molecule has 1 aromatic carbocycles. The van der Waals surface area contributed by atoms with E-state index in [0.717, 1.165) is 12.3 Å². The van der Waals surface area contributed by atoms with Crippen LogP contribution in [-0.4, -0.2) is 24.4 Å². The molecule has 0 bridgehead atoms. The summed E-state index contributed by atoms with van der Waals surface area (Å²) in [5.41, 5.74) is 1.33. The number of aliphatic hydroxyl groups is 1. The number of aryl methyl sites for hydroxylation is 2. The fraction of sp³-hybridized carbons (Fsp3) is 0.375. The van der Waals surface area contributed by atoms with Crippen LogP contribution in [0.25, 0.3) is 0 Å². The Hall–Kier alpha value is -1.36. The van der Waals surface area contributed by atoms with Crippen LogP contribution in [0.15, 0.2) is 36.4 Å². The molecule has 1 unspecified atom stereocenters. The van der Waals surface area contributed by atoms with E-state index in [4.69, 9.17) is 4.74 Å². The fourth-order valence-corrected chi connectivity index (χ4v) is 2.89. The predicted octanol–water partition coefficient (Wildman–Crippen LogP) is 2.89. The summed E-state index contributed by atoms with van der Waals surface area (Å²) in [6, 6.07) is 11.7. The Bertz CT molecular complexity index is 505. The molecule has 1 aromatic heterocycles. The van der Waals surface area contributed by atoms with E-state index >= 15 is 0 Å². The highest BCUT2D eigenvalue weighted by atomic mass is 32.1. The summed E-state index contributed by atoms with van der Waals surface area (Å²) >= 11 is 1.80. The van der Waals surface area contributed by atoms with Crippen molar-refractivity contribution in [1.29, 1.82) is 0 Å². The predicted molar refractivity (Wildman–Crippen MR) is 83.4 cm³/mol. The molecule has 2 aromatic rings. The second-order valence-corrected chi connectivity index (χ2v) is 6.20. The minimum Gasteiger partial charge on any atom is -0.491 e. The van der Waals surface area contributed by atoms with Crippen molar-refractivity contribution in [2.75, 3.05) is 13.2 Å². The second-order valence-electron chi connectivity index (χ2n) is 4.86. The standard InChI is InChI=1S/C16H21NO2S/c1-12-8-16(20-13(12)2)10-17-9-14(18)11-19-15-6-4-3-5-7-15/h3-8,14,17-18H,9-11H2,1-2H3. The van der Waals surface area contributed by atoms with Gasteiger partial charge in [-0.25, -0.2) is 0 Å². The summed E-state index contributed by atoms with van der Waals surface area (Å²) in [5, 5.41) is 13.1. The van der Waals surface area contributed by atoms with Gasteiger partial charge in [-0.2, -0.15) is 0 Å². The maximum absolute atomic E-state index is 9.86. The van der Waals surface area contributed by atoms with Crippen LogP contribution in [0.2, 0.25) is 0 Å². The third-order valence-electron chi connectivity index (χ3n) is 3.08. The summed E-state index contributed by atoms with van der Waals surface area (Å²) in [6.45, 7) is 5.88. The average Bonchev–Trinajstić information content (AvgIpc) is 2.76. The van der Waals surface area contributed by atoms with Crippen LogP contribution in [0, 0.1) is 13.8 Å². The topological polar surface area (TPSA) is 41.5 Å². The molecule has 108 valence electrons. The van der Waals surface area contributed by atoms with E-state index < -0.39 is 6.10 Å². The highest BCUT2D eigenvalue weighted by Crippen LogP contribution is 2.20. The number of hydrogen-bond acceptors (Lipinski definition) is 4. The molecule has 0 saturated heterocycles. The molecule has 20 heavy (non-hydrogen) atoms. The van der Waals surface area contributed by atoms with E-state index in [0.29, 0.717) is 13.2 Å². The van der Waals surface area contributed by atoms with Crippen LogP contribution in [-0.2, 0) is 6.54 Å². The molecule has 0 aliphatic heterocycles. The van der Waals surface area contributed by atoms with Crippen LogP contribution in [0.3, 0.4) is 0 Å². The highest BCUT2D eigenvalue weighted by molar-refractivity contribution is 7.12.